The predicted octanol–water partition coefficient (Wildman–Crippen LogP) is 4.65. The van der Waals surface area contributed by atoms with Crippen LogP contribution in [0.3, 0.4) is 0 Å². The maximum absolute atomic E-state index is 6.07. The van der Waals surface area contributed by atoms with Crippen molar-refractivity contribution in [2.24, 2.45) is 0 Å². The second-order valence-electron chi connectivity index (χ2n) is 5.54. The minimum absolute atomic E-state index is 0.528. The Bertz CT molecular complexity index is 811. The van der Waals surface area contributed by atoms with E-state index in [1.807, 2.05) is 37.5 Å². The van der Waals surface area contributed by atoms with Gasteiger partial charge in [-0.1, -0.05) is 30.3 Å². The van der Waals surface area contributed by atoms with E-state index in [0.29, 0.717) is 13.2 Å². The molecule has 0 aliphatic heterocycles. The van der Waals surface area contributed by atoms with Crippen molar-refractivity contribution in [3.8, 4) is 11.5 Å². The van der Waals surface area contributed by atoms with Gasteiger partial charge in [0.1, 0.15) is 24.4 Å². The lowest BCUT2D eigenvalue weighted by Gasteiger charge is -2.15. The van der Waals surface area contributed by atoms with E-state index in [9.17, 15) is 0 Å². The lowest BCUT2D eigenvalue weighted by Crippen LogP contribution is -2.02. The van der Waals surface area contributed by atoms with Gasteiger partial charge in [0.15, 0.2) is 0 Å². The molecule has 0 amide bonds. The number of halogens is 1. The highest BCUT2D eigenvalue weighted by atomic mass is 127. The summed E-state index contributed by atoms with van der Waals surface area (Å²) < 4.78 is 12.8. The molecule has 4 nitrogen and oxygen atoms in total. The summed E-state index contributed by atoms with van der Waals surface area (Å²) in [5, 5.41) is 0. The van der Waals surface area contributed by atoms with Gasteiger partial charge in [0.2, 0.25) is 0 Å². The largest absolute Gasteiger partial charge is 0.493 e. The van der Waals surface area contributed by atoms with Crippen molar-refractivity contribution in [1.29, 1.82) is 0 Å². The van der Waals surface area contributed by atoms with Crippen LogP contribution in [0.4, 0.5) is 0 Å². The van der Waals surface area contributed by atoms with Crippen LogP contribution in [-0.4, -0.2) is 16.6 Å². The average molecular weight is 446 g/mol. The Hall–Kier alpha value is -2.15. The number of benzene rings is 2. The first-order valence-corrected chi connectivity index (χ1v) is 9.20. The van der Waals surface area contributed by atoms with Gasteiger partial charge >= 0.3 is 0 Å². The molecule has 128 valence electrons. The second kappa shape index (κ2) is 8.80. The summed E-state index contributed by atoms with van der Waals surface area (Å²) in [6, 6.07) is 14.3. The molecule has 0 N–H and O–H groups in total. The highest BCUT2D eigenvalue weighted by Crippen LogP contribution is 2.33. The lowest BCUT2D eigenvalue weighted by molar-refractivity contribution is 0.295. The fraction of sp³-hybridized carbons (Fsp3) is 0.200. The molecule has 0 unspecified atom stereocenters. The van der Waals surface area contributed by atoms with Crippen LogP contribution in [0.25, 0.3) is 0 Å². The van der Waals surface area contributed by atoms with Crippen molar-refractivity contribution in [3.63, 3.8) is 0 Å². The molecule has 25 heavy (non-hydrogen) atoms. The van der Waals surface area contributed by atoms with Crippen molar-refractivity contribution in [2.75, 3.05) is 6.61 Å². The lowest BCUT2D eigenvalue weighted by atomic mass is 10.1. The van der Waals surface area contributed by atoms with Gasteiger partial charge in [0.25, 0.3) is 0 Å². The molecule has 0 atom stereocenters. The van der Waals surface area contributed by atoms with Gasteiger partial charge in [0, 0.05) is 18.8 Å². The van der Waals surface area contributed by atoms with Gasteiger partial charge in [-0.25, -0.2) is 9.97 Å². The summed E-state index contributed by atoms with van der Waals surface area (Å²) in [6.45, 7) is 3.13. The summed E-state index contributed by atoms with van der Waals surface area (Å²) in [6.07, 6.45) is 5.93. The minimum Gasteiger partial charge on any atom is -0.493 e. The van der Waals surface area contributed by atoms with Crippen molar-refractivity contribution < 1.29 is 9.47 Å². The van der Waals surface area contributed by atoms with Gasteiger partial charge in [-0.05, 0) is 58.3 Å². The van der Waals surface area contributed by atoms with Crippen LogP contribution < -0.4 is 9.47 Å². The quantitative estimate of drug-likeness (QED) is 0.496. The Morgan fingerprint density at radius 1 is 0.880 bits per heavy atom. The zero-order chi connectivity index (χ0) is 17.5. The molecule has 0 spiro atoms. The SMILES string of the molecule is CCOc1cc(Cc2cncnc2)cc(OCc2ccccc2)c1I. The molecule has 0 fully saturated rings. The summed E-state index contributed by atoms with van der Waals surface area (Å²) in [5.41, 5.74) is 3.31. The van der Waals surface area contributed by atoms with Crippen molar-refractivity contribution in [2.45, 2.75) is 20.0 Å². The molecule has 0 aliphatic carbocycles. The Morgan fingerprint density at radius 3 is 2.24 bits per heavy atom. The number of hydrogen-bond acceptors (Lipinski definition) is 4. The molecule has 0 bridgehead atoms. The zero-order valence-electron chi connectivity index (χ0n) is 14.0. The molecule has 0 aliphatic rings. The fourth-order valence-corrected chi connectivity index (χ4v) is 3.11. The van der Waals surface area contributed by atoms with E-state index < -0.39 is 0 Å². The maximum atomic E-state index is 6.07. The molecular formula is C20H19IN2O2. The number of aromatic nitrogens is 2. The normalized spacial score (nSPS) is 10.5. The van der Waals surface area contributed by atoms with Crippen molar-refractivity contribution in [3.05, 3.63) is 81.4 Å². The average Bonchev–Trinajstić information content (AvgIpc) is 2.65. The first kappa shape index (κ1) is 17.7. The van der Waals surface area contributed by atoms with Gasteiger partial charge < -0.3 is 9.47 Å². The summed E-state index contributed by atoms with van der Waals surface area (Å²) in [7, 11) is 0. The van der Waals surface area contributed by atoms with Crippen LogP contribution in [0.1, 0.15) is 23.6 Å². The van der Waals surface area contributed by atoms with Gasteiger partial charge in [-0.15, -0.1) is 0 Å². The smallest absolute Gasteiger partial charge is 0.137 e. The van der Waals surface area contributed by atoms with Crippen LogP contribution >= 0.6 is 22.6 Å². The molecule has 3 aromatic rings. The van der Waals surface area contributed by atoms with Crippen LogP contribution in [0, 0.1) is 3.57 Å². The van der Waals surface area contributed by atoms with Crippen LogP contribution in [0.15, 0.2) is 61.2 Å². The molecule has 1 heterocycles. The van der Waals surface area contributed by atoms with Crippen molar-refractivity contribution in [1.82, 2.24) is 9.97 Å². The standard InChI is InChI=1S/C20H19IN2O2/c1-2-24-18-9-16(8-17-11-22-14-23-12-17)10-19(20(18)21)25-13-15-6-4-3-5-7-15/h3-7,9-12,14H,2,8,13H2,1H3. The molecule has 0 radical (unpaired) electrons. The molecule has 2 aromatic carbocycles. The third-order valence-corrected chi connectivity index (χ3v) is 4.69. The van der Waals surface area contributed by atoms with Crippen molar-refractivity contribution >= 4 is 22.6 Å². The Kier molecular flexibility index (Phi) is 6.22. The predicted molar refractivity (Wildman–Crippen MR) is 106 cm³/mol. The summed E-state index contributed by atoms with van der Waals surface area (Å²) in [5.74, 6) is 1.68. The molecule has 0 saturated heterocycles. The second-order valence-corrected chi connectivity index (χ2v) is 6.62. The summed E-state index contributed by atoms with van der Waals surface area (Å²) in [4.78, 5) is 8.16. The minimum atomic E-state index is 0.528. The van der Waals surface area contributed by atoms with Gasteiger partial charge in [-0.3, -0.25) is 0 Å². The monoisotopic (exact) mass is 446 g/mol. The first-order chi connectivity index (χ1) is 12.3. The first-order valence-electron chi connectivity index (χ1n) is 8.12. The number of ether oxygens (including phenoxy) is 2. The Labute approximate surface area is 161 Å². The van der Waals surface area contributed by atoms with E-state index in [2.05, 4.69) is 56.8 Å². The van der Waals surface area contributed by atoms with E-state index in [4.69, 9.17) is 9.47 Å². The van der Waals surface area contributed by atoms with Crippen LogP contribution in [0.2, 0.25) is 0 Å². The molecule has 5 heteroatoms. The van der Waals surface area contributed by atoms with Crippen LogP contribution in [-0.2, 0) is 13.0 Å². The van der Waals surface area contributed by atoms with E-state index >= 15 is 0 Å². The molecule has 1 aromatic heterocycles. The number of hydrogen-bond donors (Lipinski definition) is 0. The van der Waals surface area contributed by atoms with Crippen LogP contribution in [0.5, 0.6) is 11.5 Å². The Morgan fingerprint density at radius 2 is 1.56 bits per heavy atom. The van der Waals surface area contributed by atoms with Gasteiger partial charge in [0.05, 0.1) is 10.2 Å². The topological polar surface area (TPSA) is 44.2 Å². The summed E-state index contributed by atoms with van der Waals surface area (Å²) >= 11 is 2.28. The van der Waals surface area contributed by atoms with Gasteiger partial charge in [-0.2, -0.15) is 0 Å². The fourth-order valence-electron chi connectivity index (χ4n) is 2.49. The third kappa shape index (κ3) is 4.92. The molecule has 0 saturated carbocycles. The third-order valence-electron chi connectivity index (χ3n) is 3.62. The highest BCUT2D eigenvalue weighted by molar-refractivity contribution is 14.1. The van der Waals surface area contributed by atoms with E-state index in [1.165, 1.54) is 6.33 Å². The maximum Gasteiger partial charge on any atom is 0.137 e. The van der Waals surface area contributed by atoms with E-state index in [-0.39, 0.29) is 0 Å². The van der Waals surface area contributed by atoms with E-state index in [1.54, 1.807) is 0 Å². The molecule has 3 rings (SSSR count). The number of nitrogens with zero attached hydrogens (tertiary/aromatic N) is 2. The Balaban J connectivity index is 1.84. The number of rotatable bonds is 7. The van der Waals surface area contributed by atoms with E-state index in [0.717, 1.165) is 38.2 Å². The molecular weight excluding hydrogens is 427 g/mol. The highest BCUT2D eigenvalue weighted by Gasteiger charge is 2.12. The zero-order valence-corrected chi connectivity index (χ0v) is 16.1.